The zero-order chi connectivity index (χ0) is 27.4. The fraction of sp³-hybridized carbons (Fsp3) is 0.0250. The highest BCUT2D eigenvalue weighted by molar-refractivity contribution is 6.07. The van der Waals surface area contributed by atoms with Crippen LogP contribution in [0, 0.1) is 0 Å². The van der Waals surface area contributed by atoms with Gasteiger partial charge in [-0.25, -0.2) is 4.98 Å². The largest absolute Gasteiger partial charge is 0.456 e. The van der Waals surface area contributed by atoms with Crippen LogP contribution in [-0.4, -0.2) is 4.98 Å². The first-order chi connectivity index (χ1) is 20.8. The lowest BCUT2D eigenvalue weighted by molar-refractivity contribution is 0.628. The van der Waals surface area contributed by atoms with Crippen LogP contribution in [0.15, 0.2) is 144 Å². The molecule has 194 valence electrons. The summed E-state index contributed by atoms with van der Waals surface area (Å²) in [6, 6.07) is 50.3. The number of hydrogen-bond acceptors (Lipinski definition) is 2. The molecule has 6 aromatic carbocycles. The van der Waals surface area contributed by atoms with Crippen molar-refractivity contribution < 1.29 is 4.42 Å². The van der Waals surface area contributed by atoms with Crippen LogP contribution in [0.2, 0.25) is 0 Å². The van der Waals surface area contributed by atoms with Crippen LogP contribution in [0.5, 0.6) is 0 Å². The Kier molecular flexibility index (Phi) is 4.15. The third-order valence-electron chi connectivity index (χ3n) is 9.48. The summed E-state index contributed by atoms with van der Waals surface area (Å²) in [5, 5.41) is 4.72. The Bertz CT molecular complexity index is 2430. The highest BCUT2D eigenvalue weighted by Crippen LogP contribution is 2.65. The fourth-order valence-corrected chi connectivity index (χ4v) is 7.86. The molecule has 2 nitrogen and oxygen atoms in total. The lowest BCUT2D eigenvalue weighted by Crippen LogP contribution is -2.25. The molecule has 0 saturated heterocycles. The highest BCUT2D eigenvalue weighted by Gasteiger charge is 2.54. The lowest BCUT2D eigenvalue weighted by Gasteiger charge is -2.30. The summed E-state index contributed by atoms with van der Waals surface area (Å²) in [7, 11) is 0. The van der Waals surface area contributed by atoms with E-state index in [0.717, 1.165) is 33.5 Å². The molecule has 0 N–H and O–H groups in total. The Morgan fingerprint density at radius 3 is 2.02 bits per heavy atom. The minimum absolute atomic E-state index is 0.468. The number of hydrogen-bond donors (Lipinski definition) is 0. The van der Waals surface area contributed by atoms with E-state index in [1.807, 2.05) is 0 Å². The molecule has 0 amide bonds. The molecule has 0 saturated carbocycles. The van der Waals surface area contributed by atoms with Gasteiger partial charge in [0, 0.05) is 32.8 Å². The van der Waals surface area contributed by atoms with Gasteiger partial charge in [-0.1, -0.05) is 127 Å². The van der Waals surface area contributed by atoms with Gasteiger partial charge in [0.25, 0.3) is 0 Å². The first-order valence-electron chi connectivity index (χ1n) is 14.5. The van der Waals surface area contributed by atoms with Gasteiger partial charge in [-0.15, -0.1) is 0 Å². The number of furan rings is 1. The van der Waals surface area contributed by atoms with E-state index in [9.17, 15) is 0 Å². The molecule has 2 aliphatic rings. The van der Waals surface area contributed by atoms with E-state index in [0.29, 0.717) is 0 Å². The summed E-state index contributed by atoms with van der Waals surface area (Å²) in [5.41, 5.74) is 12.5. The van der Waals surface area contributed by atoms with Gasteiger partial charge in [0.1, 0.15) is 11.3 Å². The SMILES string of the molecule is c1ccc2c(c1)-c1oc3ccccc3c1C21c2ccccc2-c2c(-c3ccc4ccc5ccccc5c4n3)cccc21. The molecule has 0 aliphatic heterocycles. The van der Waals surface area contributed by atoms with Crippen molar-refractivity contribution in [1.82, 2.24) is 4.98 Å². The molecule has 42 heavy (non-hydrogen) atoms. The lowest BCUT2D eigenvalue weighted by atomic mass is 9.70. The van der Waals surface area contributed by atoms with Crippen molar-refractivity contribution in [1.29, 1.82) is 0 Å². The van der Waals surface area contributed by atoms with Gasteiger partial charge in [-0.05, 0) is 45.3 Å². The molecule has 0 radical (unpaired) electrons. The minimum atomic E-state index is -0.468. The van der Waals surface area contributed by atoms with Crippen LogP contribution < -0.4 is 0 Å². The molecule has 1 spiro atoms. The van der Waals surface area contributed by atoms with E-state index >= 15 is 0 Å². The number of nitrogens with zero attached hydrogens (tertiary/aromatic N) is 1. The summed E-state index contributed by atoms with van der Waals surface area (Å²) >= 11 is 0. The molecule has 1 unspecified atom stereocenters. The third kappa shape index (κ3) is 2.59. The smallest absolute Gasteiger partial charge is 0.140 e. The van der Waals surface area contributed by atoms with Crippen LogP contribution in [0.3, 0.4) is 0 Å². The minimum Gasteiger partial charge on any atom is -0.456 e. The first kappa shape index (κ1) is 22.2. The van der Waals surface area contributed by atoms with Crippen molar-refractivity contribution >= 4 is 32.6 Å². The maximum atomic E-state index is 6.65. The van der Waals surface area contributed by atoms with Gasteiger partial charge in [-0.3, -0.25) is 0 Å². The zero-order valence-corrected chi connectivity index (χ0v) is 22.6. The highest BCUT2D eigenvalue weighted by atomic mass is 16.3. The van der Waals surface area contributed by atoms with E-state index in [1.165, 1.54) is 55.1 Å². The van der Waals surface area contributed by atoms with E-state index in [4.69, 9.17) is 9.40 Å². The van der Waals surface area contributed by atoms with E-state index < -0.39 is 5.41 Å². The fourth-order valence-electron chi connectivity index (χ4n) is 7.86. The monoisotopic (exact) mass is 533 g/mol. The molecule has 10 rings (SSSR count). The number of para-hydroxylation sites is 1. The molecule has 0 bridgehead atoms. The van der Waals surface area contributed by atoms with Gasteiger partial charge in [-0.2, -0.15) is 0 Å². The van der Waals surface area contributed by atoms with Crippen LogP contribution in [0.25, 0.3) is 66.4 Å². The number of rotatable bonds is 1. The summed E-state index contributed by atoms with van der Waals surface area (Å²) < 4.78 is 6.65. The second-order valence-corrected chi connectivity index (χ2v) is 11.4. The molecule has 2 aliphatic carbocycles. The van der Waals surface area contributed by atoms with Gasteiger partial charge < -0.3 is 4.42 Å². The Balaban J connectivity index is 1.34. The first-order valence-corrected chi connectivity index (χ1v) is 14.5. The van der Waals surface area contributed by atoms with Gasteiger partial charge in [0.15, 0.2) is 0 Å². The topological polar surface area (TPSA) is 26.0 Å². The van der Waals surface area contributed by atoms with Gasteiger partial charge >= 0.3 is 0 Å². The Labute approximate surface area is 242 Å². The number of pyridine rings is 1. The molecular formula is C40H23NO. The average Bonchev–Trinajstić information content (AvgIpc) is 3.68. The van der Waals surface area contributed by atoms with Gasteiger partial charge in [0.05, 0.1) is 16.6 Å². The molecule has 1 atom stereocenters. The molecule has 2 heteroatoms. The van der Waals surface area contributed by atoms with Crippen molar-refractivity contribution in [2.24, 2.45) is 0 Å². The van der Waals surface area contributed by atoms with Crippen LogP contribution in [0.1, 0.15) is 22.3 Å². The predicted molar refractivity (Wildman–Crippen MR) is 171 cm³/mol. The third-order valence-corrected chi connectivity index (χ3v) is 9.48. The summed E-state index contributed by atoms with van der Waals surface area (Å²) in [4.78, 5) is 5.35. The molecular weight excluding hydrogens is 510 g/mol. The average molecular weight is 534 g/mol. The van der Waals surface area contributed by atoms with Crippen LogP contribution in [-0.2, 0) is 5.41 Å². The number of benzene rings is 6. The second kappa shape index (κ2) is 7.84. The second-order valence-electron chi connectivity index (χ2n) is 11.4. The Hall–Kier alpha value is -5.47. The van der Waals surface area contributed by atoms with Gasteiger partial charge in [0.2, 0.25) is 0 Å². The summed E-state index contributed by atoms with van der Waals surface area (Å²) in [6.45, 7) is 0. The predicted octanol–water partition coefficient (Wildman–Crippen LogP) is 10.1. The molecule has 0 fully saturated rings. The maximum absolute atomic E-state index is 6.65. The molecule has 2 heterocycles. The standard InChI is InChI=1S/C40H23NO/c1-2-11-26-24(10-1)20-21-25-22-23-34(41-38(25)26)29-15-9-18-33-36(29)27-12-3-6-16-31(27)40(33)32-17-7-4-13-28(32)39-37(40)30-14-5-8-19-35(30)42-39/h1-23H. The van der Waals surface area contributed by atoms with E-state index in [1.54, 1.807) is 0 Å². The number of fused-ring (bicyclic) bond motifs is 15. The van der Waals surface area contributed by atoms with E-state index in [2.05, 4.69) is 140 Å². The summed E-state index contributed by atoms with van der Waals surface area (Å²) in [5.74, 6) is 0.982. The van der Waals surface area contributed by atoms with Crippen molar-refractivity contribution in [3.63, 3.8) is 0 Å². The van der Waals surface area contributed by atoms with Crippen LogP contribution in [0.4, 0.5) is 0 Å². The molecule has 2 aromatic heterocycles. The Morgan fingerprint density at radius 2 is 1.12 bits per heavy atom. The van der Waals surface area contributed by atoms with Crippen molar-refractivity contribution in [3.8, 4) is 33.7 Å². The quantitative estimate of drug-likeness (QED) is 0.196. The maximum Gasteiger partial charge on any atom is 0.140 e. The van der Waals surface area contributed by atoms with E-state index in [-0.39, 0.29) is 0 Å². The summed E-state index contributed by atoms with van der Waals surface area (Å²) in [6.07, 6.45) is 0. The van der Waals surface area contributed by atoms with Crippen molar-refractivity contribution in [3.05, 3.63) is 162 Å². The number of aromatic nitrogens is 1. The zero-order valence-electron chi connectivity index (χ0n) is 22.6. The van der Waals surface area contributed by atoms with Crippen molar-refractivity contribution in [2.75, 3.05) is 0 Å². The normalized spacial score (nSPS) is 16.2. The molecule has 8 aromatic rings. The van der Waals surface area contributed by atoms with Crippen LogP contribution >= 0.6 is 0 Å². The van der Waals surface area contributed by atoms with Crippen molar-refractivity contribution in [2.45, 2.75) is 5.41 Å². The Morgan fingerprint density at radius 1 is 0.476 bits per heavy atom.